The molecule has 0 unspecified atom stereocenters. The minimum absolute atomic E-state index is 0.227. The summed E-state index contributed by atoms with van der Waals surface area (Å²) >= 11 is 5.87. The van der Waals surface area contributed by atoms with Gasteiger partial charge in [0.15, 0.2) is 5.82 Å². The number of benzene rings is 2. The van der Waals surface area contributed by atoms with E-state index in [4.69, 9.17) is 16.9 Å². The number of hydrogen-bond donors (Lipinski definition) is 2. The average Bonchev–Trinajstić information content (AvgIpc) is 3.11. The number of nitriles is 1. The predicted molar refractivity (Wildman–Crippen MR) is 94.0 cm³/mol. The van der Waals surface area contributed by atoms with Crippen LogP contribution >= 0.6 is 11.6 Å². The van der Waals surface area contributed by atoms with E-state index in [1.54, 1.807) is 36.4 Å². The summed E-state index contributed by atoms with van der Waals surface area (Å²) in [7, 11) is 0. The lowest BCUT2D eigenvalue weighted by Crippen LogP contribution is -2.26. The Morgan fingerprint density at radius 1 is 1.24 bits per heavy atom. The van der Waals surface area contributed by atoms with E-state index in [1.165, 1.54) is 0 Å². The van der Waals surface area contributed by atoms with Gasteiger partial charge in [-0.1, -0.05) is 17.7 Å². The van der Waals surface area contributed by atoms with Crippen molar-refractivity contribution in [3.05, 3.63) is 70.5 Å². The summed E-state index contributed by atoms with van der Waals surface area (Å²) in [5, 5.41) is 19.4. The quantitative estimate of drug-likeness (QED) is 0.738. The van der Waals surface area contributed by atoms with E-state index in [-0.39, 0.29) is 5.91 Å². The molecule has 1 amide bonds. The van der Waals surface area contributed by atoms with Crippen LogP contribution in [0.1, 0.15) is 21.7 Å². The second-order valence-corrected chi connectivity index (χ2v) is 5.75. The number of hydrogen-bond acceptors (Lipinski definition) is 4. The molecule has 0 aliphatic heterocycles. The van der Waals surface area contributed by atoms with Crippen molar-refractivity contribution in [3.8, 4) is 17.5 Å². The number of aromatic amines is 1. The molecule has 0 saturated heterocycles. The maximum Gasteiger partial charge on any atom is 0.251 e. The molecule has 124 valence electrons. The monoisotopic (exact) mass is 351 g/mol. The van der Waals surface area contributed by atoms with Gasteiger partial charge in [0, 0.05) is 29.1 Å². The fourth-order valence-electron chi connectivity index (χ4n) is 2.26. The lowest BCUT2D eigenvalue weighted by molar-refractivity contribution is 0.0954. The van der Waals surface area contributed by atoms with Crippen molar-refractivity contribution in [2.24, 2.45) is 0 Å². The molecule has 0 spiro atoms. The third-order valence-corrected chi connectivity index (χ3v) is 3.79. The summed E-state index contributed by atoms with van der Waals surface area (Å²) < 4.78 is 0. The Balaban J connectivity index is 1.56. The van der Waals surface area contributed by atoms with Crippen LogP contribution in [0.25, 0.3) is 11.4 Å². The van der Waals surface area contributed by atoms with Crippen molar-refractivity contribution in [1.82, 2.24) is 20.5 Å². The van der Waals surface area contributed by atoms with Crippen molar-refractivity contribution >= 4 is 17.5 Å². The zero-order valence-electron chi connectivity index (χ0n) is 13.2. The summed E-state index contributed by atoms with van der Waals surface area (Å²) in [6.45, 7) is 0.408. The Morgan fingerprint density at radius 2 is 2.04 bits per heavy atom. The number of halogens is 1. The molecule has 0 aliphatic carbocycles. The number of rotatable bonds is 5. The van der Waals surface area contributed by atoms with Gasteiger partial charge in [-0.2, -0.15) is 10.4 Å². The first-order valence-electron chi connectivity index (χ1n) is 7.61. The van der Waals surface area contributed by atoms with Crippen molar-refractivity contribution in [1.29, 1.82) is 5.26 Å². The zero-order valence-corrected chi connectivity index (χ0v) is 13.9. The molecule has 0 atom stereocenters. The van der Waals surface area contributed by atoms with Gasteiger partial charge in [-0.25, -0.2) is 4.98 Å². The van der Waals surface area contributed by atoms with E-state index < -0.39 is 0 Å². The molecule has 0 aliphatic rings. The SMILES string of the molecule is N#Cc1cccc(C(=O)NCCc2nc(-c3ccc(Cl)cc3)n[nH]2)c1. The fourth-order valence-corrected chi connectivity index (χ4v) is 2.39. The van der Waals surface area contributed by atoms with Gasteiger partial charge in [0.05, 0.1) is 11.6 Å². The van der Waals surface area contributed by atoms with Crippen LogP contribution in [0, 0.1) is 11.3 Å². The summed E-state index contributed by atoms with van der Waals surface area (Å²) in [5.41, 5.74) is 1.78. The molecule has 0 bridgehead atoms. The normalized spacial score (nSPS) is 10.2. The predicted octanol–water partition coefficient (Wildman–Crippen LogP) is 2.97. The van der Waals surface area contributed by atoms with Crippen LogP contribution in [-0.4, -0.2) is 27.6 Å². The molecule has 2 N–H and O–H groups in total. The van der Waals surface area contributed by atoms with Crippen LogP contribution in [0.5, 0.6) is 0 Å². The van der Waals surface area contributed by atoms with Gasteiger partial charge >= 0.3 is 0 Å². The molecule has 1 aromatic heterocycles. The Morgan fingerprint density at radius 3 is 2.80 bits per heavy atom. The Labute approximate surface area is 149 Å². The minimum Gasteiger partial charge on any atom is -0.352 e. The van der Waals surface area contributed by atoms with Gasteiger partial charge in [-0.05, 0) is 42.5 Å². The first-order valence-corrected chi connectivity index (χ1v) is 7.99. The molecule has 25 heavy (non-hydrogen) atoms. The molecular formula is C18H14ClN5O. The van der Waals surface area contributed by atoms with Gasteiger partial charge in [-0.15, -0.1) is 0 Å². The van der Waals surface area contributed by atoms with Crippen LogP contribution in [-0.2, 0) is 6.42 Å². The Hall–Kier alpha value is -3.17. The van der Waals surface area contributed by atoms with Crippen LogP contribution < -0.4 is 5.32 Å². The molecule has 2 aromatic carbocycles. The second-order valence-electron chi connectivity index (χ2n) is 5.31. The van der Waals surface area contributed by atoms with E-state index in [0.717, 1.165) is 5.56 Å². The molecule has 1 heterocycles. The summed E-state index contributed by atoms with van der Waals surface area (Å²) in [6, 6.07) is 15.8. The zero-order chi connectivity index (χ0) is 17.6. The van der Waals surface area contributed by atoms with Crippen molar-refractivity contribution in [2.45, 2.75) is 6.42 Å². The number of carbonyl (C=O) groups excluding carboxylic acids is 1. The van der Waals surface area contributed by atoms with Crippen molar-refractivity contribution in [3.63, 3.8) is 0 Å². The summed E-state index contributed by atoms with van der Waals surface area (Å²) in [6.07, 6.45) is 0.518. The van der Waals surface area contributed by atoms with Crippen LogP contribution in [0.2, 0.25) is 5.02 Å². The number of carbonyl (C=O) groups is 1. The number of amides is 1. The van der Waals surface area contributed by atoms with Gasteiger partial charge in [-0.3, -0.25) is 9.89 Å². The third kappa shape index (κ3) is 4.22. The molecule has 0 saturated carbocycles. The fraction of sp³-hybridized carbons (Fsp3) is 0.111. The van der Waals surface area contributed by atoms with E-state index in [2.05, 4.69) is 20.5 Å². The highest BCUT2D eigenvalue weighted by Gasteiger charge is 2.08. The smallest absolute Gasteiger partial charge is 0.251 e. The highest BCUT2D eigenvalue weighted by atomic mass is 35.5. The maximum atomic E-state index is 12.1. The summed E-state index contributed by atoms with van der Waals surface area (Å²) in [5.74, 6) is 1.03. The van der Waals surface area contributed by atoms with E-state index in [9.17, 15) is 4.79 Å². The third-order valence-electron chi connectivity index (χ3n) is 3.54. The topological polar surface area (TPSA) is 94.5 Å². The van der Waals surface area contributed by atoms with E-state index in [0.29, 0.717) is 40.8 Å². The molecule has 7 heteroatoms. The molecule has 3 rings (SSSR count). The van der Waals surface area contributed by atoms with E-state index >= 15 is 0 Å². The first-order chi connectivity index (χ1) is 12.2. The van der Waals surface area contributed by atoms with E-state index in [1.807, 2.05) is 18.2 Å². The van der Waals surface area contributed by atoms with Crippen molar-refractivity contribution in [2.75, 3.05) is 6.54 Å². The second kappa shape index (κ2) is 7.60. The molecule has 0 fully saturated rings. The summed E-state index contributed by atoms with van der Waals surface area (Å²) in [4.78, 5) is 16.5. The number of H-pyrrole nitrogens is 1. The molecule has 6 nitrogen and oxygen atoms in total. The lowest BCUT2D eigenvalue weighted by atomic mass is 10.1. The number of nitrogens with one attached hydrogen (secondary N) is 2. The lowest BCUT2D eigenvalue weighted by Gasteiger charge is -2.04. The van der Waals surface area contributed by atoms with Gasteiger partial charge in [0.1, 0.15) is 5.82 Å². The number of nitrogens with zero attached hydrogens (tertiary/aromatic N) is 3. The van der Waals surface area contributed by atoms with Gasteiger partial charge < -0.3 is 5.32 Å². The van der Waals surface area contributed by atoms with Crippen LogP contribution in [0.15, 0.2) is 48.5 Å². The Bertz CT molecular complexity index is 927. The van der Waals surface area contributed by atoms with Crippen LogP contribution in [0.3, 0.4) is 0 Å². The highest BCUT2D eigenvalue weighted by Crippen LogP contribution is 2.17. The maximum absolute atomic E-state index is 12.1. The minimum atomic E-state index is -0.227. The largest absolute Gasteiger partial charge is 0.352 e. The van der Waals surface area contributed by atoms with Crippen molar-refractivity contribution < 1.29 is 4.79 Å². The highest BCUT2D eigenvalue weighted by molar-refractivity contribution is 6.30. The van der Waals surface area contributed by atoms with Gasteiger partial charge in [0.2, 0.25) is 0 Å². The Kier molecular flexibility index (Phi) is 5.07. The van der Waals surface area contributed by atoms with Crippen LogP contribution in [0.4, 0.5) is 0 Å². The molecule has 0 radical (unpaired) electrons. The first kappa shape index (κ1) is 16.7. The molecular weight excluding hydrogens is 338 g/mol. The molecule has 3 aromatic rings. The van der Waals surface area contributed by atoms with Gasteiger partial charge in [0.25, 0.3) is 5.91 Å². The standard InChI is InChI=1S/C18H14ClN5O/c19-15-6-4-13(5-7-15)17-22-16(23-24-17)8-9-21-18(25)14-3-1-2-12(10-14)11-20/h1-7,10H,8-9H2,(H,21,25)(H,22,23,24). The average molecular weight is 352 g/mol. The number of aromatic nitrogens is 3.